The van der Waals surface area contributed by atoms with E-state index in [2.05, 4.69) is 31.0 Å². The fraction of sp³-hybridized carbons (Fsp3) is 0.929. The lowest BCUT2D eigenvalue weighted by Crippen LogP contribution is -2.57. The fourth-order valence-electron chi connectivity index (χ4n) is 3.26. The van der Waals surface area contributed by atoms with Crippen LogP contribution in [-0.4, -0.2) is 41.0 Å². The average Bonchev–Trinajstić information content (AvgIpc) is 2.66. The normalized spacial score (nSPS) is 34.1. The lowest BCUT2D eigenvalue weighted by molar-refractivity contribution is -0.130. The smallest absolute Gasteiger partial charge is 0.222 e. The van der Waals surface area contributed by atoms with Gasteiger partial charge in [-0.2, -0.15) is 0 Å². The van der Waals surface area contributed by atoms with E-state index in [-0.39, 0.29) is 11.6 Å². The maximum absolute atomic E-state index is 11.8. The SMILES string of the molecule is CC(C)(C)N[C@H]1CCC(N2CCCC2=O)C[C@@H]1N. The molecule has 0 aromatic heterocycles. The molecule has 2 rings (SSSR count). The second-order valence-corrected chi connectivity index (χ2v) is 6.82. The van der Waals surface area contributed by atoms with Crippen molar-refractivity contribution in [1.82, 2.24) is 10.2 Å². The Labute approximate surface area is 110 Å². The van der Waals surface area contributed by atoms with Crippen LogP contribution in [0, 0.1) is 0 Å². The van der Waals surface area contributed by atoms with E-state index in [1.54, 1.807) is 0 Å². The van der Waals surface area contributed by atoms with E-state index in [9.17, 15) is 4.79 Å². The van der Waals surface area contributed by atoms with Crippen LogP contribution in [0.4, 0.5) is 0 Å². The van der Waals surface area contributed by atoms with Gasteiger partial charge in [0.05, 0.1) is 0 Å². The van der Waals surface area contributed by atoms with Crippen LogP contribution < -0.4 is 11.1 Å². The number of carbonyl (C=O) groups excluding carboxylic acids is 1. The van der Waals surface area contributed by atoms with Crippen LogP contribution in [0.3, 0.4) is 0 Å². The fourth-order valence-corrected chi connectivity index (χ4v) is 3.26. The highest BCUT2D eigenvalue weighted by atomic mass is 16.2. The highest BCUT2D eigenvalue weighted by Gasteiger charge is 2.35. The average molecular weight is 253 g/mol. The van der Waals surface area contributed by atoms with E-state index >= 15 is 0 Å². The number of nitrogens with zero attached hydrogens (tertiary/aromatic N) is 1. The Morgan fingerprint density at radius 3 is 2.56 bits per heavy atom. The van der Waals surface area contributed by atoms with Gasteiger partial charge in [-0.25, -0.2) is 0 Å². The zero-order valence-corrected chi connectivity index (χ0v) is 11.9. The molecular weight excluding hydrogens is 226 g/mol. The number of likely N-dealkylation sites (tertiary alicyclic amines) is 1. The molecule has 4 heteroatoms. The molecule has 3 atom stereocenters. The van der Waals surface area contributed by atoms with E-state index in [1.807, 2.05) is 0 Å². The molecule has 1 unspecified atom stereocenters. The monoisotopic (exact) mass is 253 g/mol. The Bertz CT molecular complexity index is 311. The van der Waals surface area contributed by atoms with Gasteiger partial charge >= 0.3 is 0 Å². The van der Waals surface area contributed by atoms with Crippen molar-refractivity contribution in [1.29, 1.82) is 0 Å². The molecular formula is C14H27N3O. The maximum Gasteiger partial charge on any atom is 0.222 e. The van der Waals surface area contributed by atoms with Crippen LogP contribution >= 0.6 is 0 Å². The molecule has 18 heavy (non-hydrogen) atoms. The number of rotatable bonds is 2. The van der Waals surface area contributed by atoms with Crippen LogP contribution in [0.15, 0.2) is 0 Å². The summed E-state index contributed by atoms with van der Waals surface area (Å²) >= 11 is 0. The summed E-state index contributed by atoms with van der Waals surface area (Å²) in [6.07, 6.45) is 4.86. The summed E-state index contributed by atoms with van der Waals surface area (Å²) in [6.45, 7) is 7.47. The minimum atomic E-state index is 0.110. The largest absolute Gasteiger partial charge is 0.340 e. The molecule has 4 nitrogen and oxygen atoms in total. The Morgan fingerprint density at radius 1 is 1.33 bits per heavy atom. The second-order valence-electron chi connectivity index (χ2n) is 6.82. The van der Waals surface area contributed by atoms with Gasteiger partial charge in [-0.1, -0.05) is 0 Å². The minimum absolute atomic E-state index is 0.110. The van der Waals surface area contributed by atoms with Crippen molar-refractivity contribution in [3.05, 3.63) is 0 Å². The first-order valence-electron chi connectivity index (χ1n) is 7.19. The van der Waals surface area contributed by atoms with Crippen LogP contribution in [-0.2, 0) is 4.79 Å². The van der Waals surface area contributed by atoms with E-state index < -0.39 is 0 Å². The summed E-state index contributed by atoms with van der Waals surface area (Å²) < 4.78 is 0. The van der Waals surface area contributed by atoms with Crippen molar-refractivity contribution < 1.29 is 4.79 Å². The van der Waals surface area contributed by atoms with Crippen LogP contribution in [0.5, 0.6) is 0 Å². The van der Waals surface area contributed by atoms with Gasteiger partial charge < -0.3 is 16.0 Å². The molecule has 1 amide bonds. The zero-order chi connectivity index (χ0) is 13.3. The first kappa shape index (κ1) is 13.8. The van der Waals surface area contributed by atoms with Crippen molar-refractivity contribution in [2.24, 2.45) is 5.73 Å². The third kappa shape index (κ3) is 3.23. The third-order valence-corrected chi connectivity index (χ3v) is 4.04. The number of amides is 1. The molecule has 104 valence electrons. The molecule has 1 aliphatic carbocycles. The third-order valence-electron chi connectivity index (χ3n) is 4.04. The number of hydrogen-bond donors (Lipinski definition) is 2. The predicted molar refractivity (Wildman–Crippen MR) is 73.2 cm³/mol. The molecule has 3 N–H and O–H groups in total. The molecule has 1 heterocycles. The molecule has 0 aromatic carbocycles. The first-order valence-corrected chi connectivity index (χ1v) is 7.19. The summed E-state index contributed by atoms with van der Waals surface area (Å²) in [5, 5.41) is 3.60. The van der Waals surface area contributed by atoms with Gasteiger partial charge in [0.15, 0.2) is 0 Å². The van der Waals surface area contributed by atoms with E-state index in [4.69, 9.17) is 5.73 Å². The number of hydrogen-bond acceptors (Lipinski definition) is 3. The van der Waals surface area contributed by atoms with Gasteiger partial charge in [-0.3, -0.25) is 4.79 Å². The molecule has 0 spiro atoms. The molecule has 1 saturated heterocycles. The Morgan fingerprint density at radius 2 is 2.06 bits per heavy atom. The van der Waals surface area contributed by atoms with Crippen molar-refractivity contribution in [2.45, 2.75) is 76.5 Å². The second kappa shape index (κ2) is 5.17. The summed E-state index contributed by atoms with van der Waals surface area (Å²) in [7, 11) is 0. The highest BCUT2D eigenvalue weighted by Crippen LogP contribution is 2.27. The molecule has 0 aromatic rings. The summed E-state index contributed by atoms with van der Waals surface area (Å²) in [6, 6.07) is 0.934. The van der Waals surface area contributed by atoms with Gasteiger partial charge in [-0.15, -0.1) is 0 Å². The van der Waals surface area contributed by atoms with Crippen molar-refractivity contribution in [3.8, 4) is 0 Å². The Balaban J connectivity index is 1.90. The van der Waals surface area contributed by atoms with Crippen molar-refractivity contribution >= 4 is 5.91 Å². The summed E-state index contributed by atoms with van der Waals surface area (Å²) in [5.41, 5.74) is 6.40. The van der Waals surface area contributed by atoms with Gasteiger partial charge in [0.25, 0.3) is 0 Å². The van der Waals surface area contributed by atoms with Crippen molar-refractivity contribution in [2.75, 3.05) is 6.54 Å². The summed E-state index contributed by atoms with van der Waals surface area (Å²) in [4.78, 5) is 13.8. The molecule has 1 saturated carbocycles. The van der Waals surface area contributed by atoms with E-state index in [0.717, 1.165) is 38.6 Å². The number of carbonyl (C=O) groups is 1. The molecule has 1 aliphatic heterocycles. The lowest BCUT2D eigenvalue weighted by atomic mass is 9.85. The molecule has 2 aliphatic rings. The highest BCUT2D eigenvalue weighted by molar-refractivity contribution is 5.78. The van der Waals surface area contributed by atoms with Gasteiger partial charge in [0.2, 0.25) is 5.91 Å². The molecule has 0 radical (unpaired) electrons. The number of nitrogens with two attached hydrogens (primary N) is 1. The molecule has 0 bridgehead atoms. The first-order chi connectivity index (χ1) is 8.37. The minimum Gasteiger partial charge on any atom is -0.340 e. The number of nitrogens with one attached hydrogen (secondary N) is 1. The Kier molecular flexibility index (Phi) is 3.97. The van der Waals surface area contributed by atoms with Crippen molar-refractivity contribution in [3.63, 3.8) is 0 Å². The van der Waals surface area contributed by atoms with Crippen LogP contribution in [0.1, 0.15) is 52.9 Å². The maximum atomic E-state index is 11.8. The van der Waals surface area contributed by atoms with Gasteiger partial charge in [0, 0.05) is 36.6 Å². The standard InChI is InChI=1S/C14H27N3O/c1-14(2,3)16-12-7-6-10(9-11(12)15)17-8-4-5-13(17)18/h10-12,16H,4-9,15H2,1-3H3/t10?,11-,12-/m0/s1. The van der Waals surface area contributed by atoms with E-state index in [0.29, 0.717) is 18.0 Å². The Hall–Kier alpha value is -0.610. The predicted octanol–water partition coefficient (Wildman–Crippen LogP) is 1.25. The van der Waals surface area contributed by atoms with Gasteiger partial charge in [-0.05, 0) is 46.5 Å². The van der Waals surface area contributed by atoms with E-state index in [1.165, 1.54) is 0 Å². The van der Waals surface area contributed by atoms with Crippen LogP contribution in [0.2, 0.25) is 0 Å². The quantitative estimate of drug-likeness (QED) is 0.778. The summed E-state index contributed by atoms with van der Waals surface area (Å²) in [5.74, 6) is 0.328. The van der Waals surface area contributed by atoms with Gasteiger partial charge in [0.1, 0.15) is 0 Å². The molecule has 2 fully saturated rings. The zero-order valence-electron chi connectivity index (χ0n) is 11.9. The van der Waals surface area contributed by atoms with Crippen LogP contribution in [0.25, 0.3) is 0 Å². The topological polar surface area (TPSA) is 58.4 Å². The lowest BCUT2D eigenvalue weighted by Gasteiger charge is -2.41.